The Morgan fingerprint density at radius 3 is 2.23 bits per heavy atom. The zero-order valence-corrected chi connectivity index (χ0v) is 19.0. The molecule has 0 aliphatic rings. The lowest BCUT2D eigenvalue weighted by Gasteiger charge is -2.05. The third kappa shape index (κ3) is 5.91. The Morgan fingerprint density at radius 1 is 0.886 bits per heavy atom. The highest BCUT2D eigenvalue weighted by Gasteiger charge is 2.08. The third-order valence-corrected chi connectivity index (χ3v) is 5.25. The van der Waals surface area contributed by atoms with E-state index < -0.39 is 0 Å². The van der Waals surface area contributed by atoms with Crippen molar-refractivity contribution in [2.45, 2.75) is 0 Å². The maximum Gasteiger partial charge on any atom is 0.255 e. The molecule has 4 N–H and O–H groups in total. The van der Waals surface area contributed by atoms with Crippen molar-refractivity contribution in [3.05, 3.63) is 108 Å². The highest BCUT2D eigenvalue weighted by molar-refractivity contribution is 6.04. The second kappa shape index (κ2) is 10.8. The number of aromatic nitrogens is 2. The number of fused-ring (bicyclic) bond motifs is 1. The van der Waals surface area contributed by atoms with E-state index in [2.05, 4.69) is 20.6 Å². The first-order valence-electron chi connectivity index (χ1n) is 10.9. The zero-order chi connectivity index (χ0) is 24.6. The Labute approximate surface area is 202 Å². The molecule has 0 aliphatic carbocycles. The first kappa shape index (κ1) is 23.3. The molecule has 0 bridgehead atoms. The summed E-state index contributed by atoms with van der Waals surface area (Å²) < 4.78 is 0. The quantitative estimate of drug-likeness (QED) is 0.196. The monoisotopic (exact) mass is 464 g/mol. The molecule has 0 radical (unpaired) electrons. The van der Waals surface area contributed by atoms with E-state index in [0.29, 0.717) is 28.4 Å². The average Bonchev–Trinajstić information content (AvgIpc) is 3.34. The van der Waals surface area contributed by atoms with Crippen LogP contribution in [0.3, 0.4) is 0 Å². The normalized spacial score (nSPS) is 10.2. The summed E-state index contributed by atoms with van der Waals surface area (Å²) in [5, 5.41) is 14.6. The van der Waals surface area contributed by atoms with Gasteiger partial charge in [-0.15, -0.1) is 0 Å². The minimum atomic E-state index is -0.150. The van der Waals surface area contributed by atoms with Crippen molar-refractivity contribution in [3.8, 4) is 17.1 Å². The van der Waals surface area contributed by atoms with Crippen LogP contribution in [0.4, 0.5) is 11.4 Å². The van der Waals surface area contributed by atoms with Gasteiger partial charge < -0.3 is 20.7 Å². The predicted molar refractivity (Wildman–Crippen MR) is 139 cm³/mol. The van der Waals surface area contributed by atoms with Crippen molar-refractivity contribution >= 4 is 34.6 Å². The van der Waals surface area contributed by atoms with Gasteiger partial charge in [-0.05, 0) is 78.9 Å². The second-order valence-electron chi connectivity index (χ2n) is 7.67. The summed E-state index contributed by atoms with van der Waals surface area (Å²) >= 11 is 0. The number of H-pyrrole nitrogens is 1. The van der Waals surface area contributed by atoms with Gasteiger partial charge in [0, 0.05) is 35.1 Å². The van der Waals surface area contributed by atoms with Crippen LogP contribution in [0.15, 0.2) is 97.1 Å². The van der Waals surface area contributed by atoms with Crippen molar-refractivity contribution < 1.29 is 14.7 Å². The summed E-state index contributed by atoms with van der Waals surface area (Å²) in [6.45, 7) is 0. The average molecular weight is 465 g/mol. The Morgan fingerprint density at radius 2 is 1.57 bits per heavy atom. The zero-order valence-electron chi connectivity index (χ0n) is 19.0. The van der Waals surface area contributed by atoms with E-state index in [-0.39, 0.29) is 5.91 Å². The van der Waals surface area contributed by atoms with Gasteiger partial charge in [-0.1, -0.05) is 18.2 Å². The number of amides is 1. The smallest absolute Gasteiger partial charge is 0.255 e. The van der Waals surface area contributed by atoms with Crippen molar-refractivity contribution in [3.63, 3.8) is 0 Å². The summed E-state index contributed by atoms with van der Waals surface area (Å²) in [6, 6.07) is 28.8. The highest BCUT2D eigenvalue weighted by Crippen LogP contribution is 2.23. The highest BCUT2D eigenvalue weighted by atomic mass is 16.3. The molecule has 0 saturated heterocycles. The molecule has 1 aromatic heterocycles. The van der Waals surface area contributed by atoms with Gasteiger partial charge in [-0.2, -0.15) is 0 Å². The van der Waals surface area contributed by atoms with Crippen LogP contribution in [-0.2, 0) is 0 Å². The van der Waals surface area contributed by atoms with Crippen LogP contribution in [-0.4, -0.2) is 34.3 Å². The van der Waals surface area contributed by atoms with Gasteiger partial charge >= 0.3 is 0 Å². The number of aldehydes is 1. The van der Waals surface area contributed by atoms with E-state index in [0.717, 1.165) is 28.6 Å². The fourth-order valence-corrected chi connectivity index (χ4v) is 3.37. The van der Waals surface area contributed by atoms with E-state index in [9.17, 15) is 9.59 Å². The second-order valence-corrected chi connectivity index (χ2v) is 7.67. The van der Waals surface area contributed by atoms with Crippen LogP contribution < -0.4 is 10.6 Å². The summed E-state index contributed by atoms with van der Waals surface area (Å²) in [5.41, 5.74) is 5.44. The van der Waals surface area contributed by atoms with Gasteiger partial charge in [-0.25, -0.2) is 4.98 Å². The van der Waals surface area contributed by atoms with Crippen molar-refractivity contribution in [1.29, 1.82) is 0 Å². The molecule has 5 rings (SSSR count). The molecule has 0 unspecified atom stereocenters. The van der Waals surface area contributed by atoms with E-state index in [4.69, 9.17) is 5.11 Å². The number of phenolic OH excluding ortho intramolecular Hbond substituents is 1. The lowest BCUT2D eigenvalue weighted by Crippen LogP contribution is -2.11. The van der Waals surface area contributed by atoms with Gasteiger partial charge in [0.25, 0.3) is 5.91 Å². The Bertz CT molecular complexity index is 1430. The Balaban J connectivity index is 0.000000271. The molecular weight excluding hydrogens is 440 g/mol. The van der Waals surface area contributed by atoms with Crippen molar-refractivity contribution in [2.24, 2.45) is 0 Å². The van der Waals surface area contributed by atoms with Crippen LogP contribution in [0.5, 0.6) is 5.75 Å². The molecule has 7 nitrogen and oxygen atoms in total. The van der Waals surface area contributed by atoms with Gasteiger partial charge in [0.2, 0.25) is 0 Å². The molecule has 0 aliphatic heterocycles. The Kier molecular flexibility index (Phi) is 7.18. The van der Waals surface area contributed by atoms with Crippen LogP contribution in [0.25, 0.3) is 22.4 Å². The number of aromatic amines is 1. The van der Waals surface area contributed by atoms with E-state index >= 15 is 0 Å². The molecular formula is C28H24N4O3. The van der Waals surface area contributed by atoms with Gasteiger partial charge in [-0.3, -0.25) is 9.59 Å². The van der Waals surface area contributed by atoms with Gasteiger partial charge in [0.1, 0.15) is 17.9 Å². The Hall–Kier alpha value is -4.91. The molecule has 174 valence electrons. The number of phenols is 1. The van der Waals surface area contributed by atoms with Crippen molar-refractivity contribution in [1.82, 2.24) is 9.97 Å². The molecule has 1 heterocycles. The molecule has 35 heavy (non-hydrogen) atoms. The largest absolute Gasteiger partial charge is 0.508 e. The summed E-state index contributed by atoms with van der Waals surface area (Å²) in [5.74, 6) is 0.862. The number of hydrogen-bond acceptors (Lipinski definition) is 5. The number of imidazole rings is 1. The number of aromatic hydroxyl groups is 1. The summed E-state index contributed by atoms with van der Waals surface area (Å²) in [7, 11) is 1.84. The lowest BCUT2D eigenvalue weighted by atomic mass is 10.1. The third-order valence-electron chi connectivity index (χ3n) is 5.25. The number of nitrogens with zero attached hydrogens (tertiary/aromatic N) is 1. The van der Waals surface area contributed by atoms with E-state index in [1.54, 1.807) is 36.4 Å². The molecule has 0 saturated carbocycles. The lowest BCUT2D eigenvalue weighted by molar-refractivity contribution is 0.102. The fourth-order valence-electron chi connectivity index (χ4n) is 3.37. The van der Waals surface area contributed by atoms with Gasteiger partial charge in [0.15, 0.2) is 0 Å². The molecule has 0 spiro atoms. The minimum absolute atomic E-state index is 0.150. The van der Waals surface area contributed by atoms with Crippen LogP contribution >= 0.6 is 0 Å². The molecule has 0 fully saturated rings. The molecule has 4 aromatic carbocycles. The summed E-state index contributed by atoms with van der Waals surface area (Å²) in [4.78, 5) is 30.8. The number of anilines is 2. The predicted octanol–water partition coefficient (Wildman–Crippen LogP) is 5.73. The SMILES string of the molecule is CNc1ccc(O)cc1.O=Cc1ccc2nc(-c3ccc(NC(=O)c4ccccc4)cc3)[nH]c2c1. The van der Waals surface area contributed by atoms with Crippen LogP contribution in [0.1, 0.15) is 20.7 Å². The number of carbonyl (C=O) groups is 2. The minimum Gasteiger partial charge on any atom is -0.508 e. The number of hydrogen-bond donors (Lipinski definition) is 4. The van der Waals surface area contributed by atoms with E-state index in [1.165, 1.54) is 0 Å². The molecule has 5 aromatic rings. The number of nitrogens with one attached hydrogen (secondary N) is 3. The van der Waals surface area contributed by atoms with Crippen molar-refractivity contribution in [2.75, 3.05) is 17.7 Å². The van der Waals surface area contributed by atoms with Gasteiger partial charge in [0.05, 0.1) is 11.0 Å². The van der Waals surface area contributed by atoms with E-state index in [1.807, 2.05) is 67.7 Å². The van der Waals surface area contributed by atoms with Crippen LogP contribution in [0, 0.1) is 0 Å². The first-order valence-corrected chi connectivity index (χ1v) is 10.9. The topological polar surface area (TPSA) is 107 Å². The first-order chi connectivity index (χ1) is 17.1. The maximum atomic E-state index is 12.2. The number of benzene rings is 4. The maximum absolute atomic E-state index is 12.2. The summed E-state index contributed by atoms with van der Waals surface area (Å²) in [6.07, 6.45) is 0.810. The standard InChI is InChI=1S/C21H15N3O2.C7H9NO/c25-13-14-6-11-18-19(12-14)24-20(23-18)15-7-9-17(10-8-15)22-21(26)16-4-2-1-3-5-16;1-8-6-2-4-7(9)5-3-6/h1-13H,(H,22,26)(H,23,24);2-5,8-9H,1H3. The molecule has 1 amide bonds. The number of carbonyl (C=O) groups excluding carboxylic acids is 2. The number of rotatable bonds is 5. The fraction of sp³-hybridized carbons (Fsp3) is 0.0357. The molecule has 7 heteroatoms. The van der Waals surface area contributed by atoms with Crippen LogP contribution in [0.2, 0.25) is 0 Å². The molecule has 0 atom stereocenters.